The highest BCUT2D eigenvalue weighted by molar-refractivity contribution is 6.33. The summed E-state index contributed by atoms with van der Waals surface area (Å²) in [6.45, 7) is 1.86. The molecule has 1 aromatic carbocycles. The van der Waals surface area contributed by atoms with Crippen LogP contribution in [0.3, 0.4) is 0 Å². The van der Waals surface area contributed by atoms with Gasteiger partial charge in [-0.3, -0.25) is 0 Å². The van der Waals surface area contributed by atoms with Crippen molar-refractivity contribution in [2.75, 3.05) is 45.3 Å². The number of carbonyl (C=O) groups is 1. The minimum Gasteiger partial charge on any atom is -0.497 e. The van der Waals surface area contributed by atoms with Crippen LogP contribution in [0.2, 0.25) is 5.02 Å². The van der Waals surface area contributed by atoms with Crippen LogP contribution < -0.4 is 19.7 Å². The molecule has 0 spiro atoms. The molecule has 1 saturated heterocycles. The van der Waals surface area contributed by atoms with Gasteiger partial charge in [0.2, 0.25) is 0 Å². The Hall–Kier alpha value is -2.88. The first-order chi connectivity index (χ1) is 14.7. The van der Waals surface area contributed by atoms with Crippen LogP contribution in [0.4, 0.5) is 23.8 Å². The van der Waals surface area contributed by atoms with Gasteiger partial charge in [-0.15, -0.1) is 0 Å². The Morgan fingerprint density at radius 2 is 1.71 bits per heavy atom. The summed E-state index contributed by atoms with van der Waals surface area (Å²) in [5.74, 6) is 1.52. The summed E-state index contributed by atoms with van der Waals surface area (Å²) in [4.78, 5) is 19.8. The minimum absolute atomic E-state index is 0.0697. The number of nitrogens with zero attached hydrogens (tertiary/aromatic N) is 3. The number of amides is 2. The Balaban J connectivity index is 1.56. The lowest BCUT2D eigenvalue weighted by Gasteiger charge is -2.35. The summed E-state index contributed by atoms with van der Waals surface area (Å²) < 4.78 is 48.8. The maximum absolute atomic E-state index is 12.8. The van der Waals surface area contributed by atoms with E-state index < -0.39 is 11.7 Å². The molecule has 3 rings (SSSR count). The van der Waals surface area contributed by atoms with Crippen molar-refractivity contribution in [1.29, 1.82) is 0 Å². The van der Waals surface area contributed by atoms with E-state index in [1.54, 1.807) is 42.2 Å². The molecule has 2 aromatic rings. The highest BCUT2D eigenvalue weighted by Crippen LogP contribution is 2.33. The fraction of sp³-hybridized carbons (Fsp3) is 0.400. The van der Waals surface area contributed by atoms with E-state index in [2.05, 4.69) is 10.3 Å². The van der Waals surface area contributed by atoms with E-state index in [0.717, 1.165) is 17.8 Å². The van der Waals surface area contributed by atoms with Crippen molar-refractivity contribution >= 4 is 23.4 Å². The van der Waals surface area contributed by atoms with Crippen molar-refractivity contribution in [3.8, 4) is 11.5 Å². The third-order valence-corrected chi connectivity index (χ3v) is 5.15. The largest absolute Gasteiger partial charge is 0.497 e. The highest BCUT2D eigenvalue weighted by Gasteiger charge is 2.32. The fourth-order valence-corrected chi connectivity index (χ4v) is 3.48. The van der Waals surface area contributed by atoms with Crippen molar-refractivity contribution in [2.24, 2.45) is 0 Å². The molecule has 0 aliphatic carbocycles. The van der Waals surface area contributed by atoms with Gasteiger partial charge in [0.05, 0.1) is 24.8 Å². The third kappa shape index (κ3) is 5.63. The minimum atomic E-state index is -4.50. The van der Waals surface area contributed by atoms with Crippen LogP contribution in [-0.2, 0) is 12.7 Å². The van der Waals surface area contributed by atoms with Gasteiger partial charge >= 0.3 is 12.2 Å². The molecule has 11 heteroatoms. The summed E-state index contributed by atoms with van der Waals surface area (Å²) >= 11 is 6.02. The molecule has 0 radical (unpaired) electrons. The second-order valence-electron chi connectivity index (χ2n) is 6.88. The molecule has 0 saturated carbocycles. The zero-order valence-electron chi connectivity index (χ0n) is 17.0. The third-order valence-electron chi connectivity index (χ3n) is 4.87. The highest BCUT2D eigenvalue weighted by atomic mass is 35.5. The normalized spacial score (nSPS) is 14.4. The van der Waals surface area contributed by atoms with Crippen LogP contribution in [0.15, 0.2) is 30.5 Å². The van der Waals surface area contributed by atoms with Crippen molar-refractivity contribution in [3.05, 3.63) is 46.6 Å². The number of urea groups is 1. The molecule has 1 fully saturated rings. The van der Waals surface area contributed by atoms with Gasteiger partial charge in [-0.1, -0.05) is 11.6 Å². The van der Waals surface area contributed by atoms with Crippen LogP contribution in [0, 0.1) is 0 Å². The zero-order valence-corrected chi connectivity index (χ0v) is 17.8. The summed E-state index contributed by atoms with van der Waals surface area (Å²) in [5, 5.41) is 2.78. The first-order valence-electron chi connectivity index (χ1n) is 9.43. The molecule has 0 atom stereocenters. The fourth-order valence-electron chi connectivity index (χ4n) is 3.20. The van der Waals surface area contributed by atoms with Crippen LogP contribution >= 0.6 is 11.6 Å². The number of nitrogens with one attached hydrogen (secondary N) is 1. The molecular formula is C20H22ClF3N4O3. The Morgan fingerprint density at radius 1 is 1.10 bits per heavy atom. The van der Waals surface area contributed by atoms with Gasteiger partial charge in [-0.25, -0.2) is 9.78 Å². The second kappa shape index (κ2) is 9.51. The van der Waals surface area contributed by atoms with E-state index in [0.29, 0.717) is 44.2 Å². The number of piperazine rings is 1. The lowest BCUT2D eigenvalue weighted by molar-refractivity contribution is -0.137. The van der Waals surface area contributed by atoms with Crippen LogP contribution in [0.5, 0.6) is 11.5 Å². The topological polar surface area (TPSA) is 66.9 Å². The van der Waals surface area contributed by atoms with E-state index in [9.17, 15) is 18.0 Å². The van der Waals surface area contributed by atoms with E-state index >= 15 is 0 Å². The predicted octanol–water partition coefficient (Wildman–Crippen LogP) is 3.80. The molecule has 0 bridgehead atoms. The SMILES string of the molecule is COc1cc(CNC(=O)N2CCN(c3ncc(C(F)(F)F)cc3Cl)CC2)cc(OC)c1. The maximum Gasteiger partial charge on any atom is 0.417 e. The summed E-state index contributed by atoms with van der Waals surface area (Å²) in [6, 6.07) is 5.97. The number of halogens is 4. The van der Waals surface area contributed by atoms with Gasteiger partial charge < -0.3 is 24.6 Å². The number of methoxy groups -OCH3 is 2. The average Bonchev–Trinajstić information content (AvgIpc) is 2.76. The number of rotatable bonds is 5. The summed E-state index contributed by atoms with van der Waals surface area (Å²) in [5.41, 5.74) is -0.0719. The average molecular weight is 459 g/mol. The van der Waals surface area contributed by atoms with Gasteiger partial charge in [0.1, 0.15) is 17.3 Å². The van der Waals surface area contributed by atoms with Gasteiger partial charge in [0, 0.05) is 45.0 Å². The summed E-state index contributed by atoms with van der Waals surface area (Å²) in [6.07, 6.45) is -3.73. The van der Waals surface area contributed by atoms with E-state index in [1.807, 2.05) is 0 Å². The van der Waals surface area contributed by atoms with Crippen molar-refractivity contribution in [2.45, 2.75) is 12.7 Å². The van der Waals surface area contributed by atoms with Crippen LogP contribution in [0.1, 0.15) is 11.1 Å². The number of alkyl halides is 3. The molecule has 0 unspecified atom stereocenters. The number of aromatic nitrogens is 1. The number of carbonyl (C=O) groups excluding carboxylic acids is 1. The van der Waals surface area contributed by atoms with Crippen LogP contribution in [0.25, 0.3) is 0 Å². The van der Waals surface area contributed by atoms with Crippen LogP contribution in [-0.4, -0.2) is 56.3 Å². The molecule has 2 heterocycles. The molecule has 2 amide bonds. The van der Waals surface area contributed by atoms with E-state index in [4.69, 9.17) is 21.1 Å². The molecule has 31 heavy (non-hydrogen) atoms. The molecule has 1 aliphatic rings. The Kier molecular flexibility index (Phi) is 6.99. The maximum atomic E-state index is 12.8. The number of hydrogen-bond donors (Lipinski definition) is 1. The van der Waals surface area contributed by atoms with Crippen molar-refractivity contribution < 1.29 is 27.4 Å². The number of anilines is 1. The molecule has 1 N–H and O–H groups in total. The lowest BCUT2D eigenvalue weighted by atomic mass is 10.2. The van der Waals surface area contributed by atoms with Crippen molar-refractivity contribution in [3.63, 3.8) is 0 Å². The number of ether oxygens (including phenoxy) is 2. The van der Waals surface area contributed by atoms with Gasteiger partial charge in [-0.2, -0.15) is 13.2 Å². The van der Waals surface area contributed by atoms with Crippen molar-refractivity contribution in [1.82, 2.24) is 15.2 Å². The molecular weight excluding hydrogens is 437 g/mol. The predicted molar refractivity (Wildman–Crippen MR) is 110 cm³/mol. The van der Waals surface area contributed by atoms with Gasteiger partial charge in [-0.05, 0) is 23.8 Å². The monoisotopic (exact) mass is 458 g/mol. The first kappa shape index (κ1) is 22.8. The first-order valence-corrected chi connectivity index (χ1v) is 9.81. The number of hydrogen-bond acceptors (Lipinski definition) is 5. The lowest BCUT2D eigenvalue weighted by Crippen LogP contribution is -2.52. The molecule has 1 aliphatic heterocycles. The Morgan fingerprint density at radius 3 is 2.23 bits per heavy atom. The van der Waals surface area contributed by atoms with Gasteiger partial charge in [0.15, 0.2) is 0 Å². The molecule has 168 valence electrons. The summed E-state index contributed by atoms with van der Waals surface area (Å²) in [7, 11) is 3.10. The quantitative estimate of drug-likeness (QED) is 0.738. The number of benzene rings is 1. The Labute approximate surface area is 182 Å². The molecule has 1 aromatic heterocycles. The van der Waals surface area contributed by atoms with Gasteiger partial charge in [0.25, 0.3) is 0 Å². The zero-order chi connectivity index (χ0) is 22.6. The number of pyridine rings is 1. The standard InChI is InChI=1S/C20H22ClF3N4O3/c1-30-15-7-13(8-16(10-15)31-2)11-26-19(29)28-5-3-27(4-6-28)18-17(21)9-14(12-25-18)20(22,23)24/h7-10,12H,3-6,11H2,1-2H3,(H,26,29). The Bertz CT molecular complexity index is 912. The second-order valence-corrected chi connectivity index (χ2v) is 7.29. The molecule has 7 nitrogen and oxygen atoms in total. The van der Waals surface area contributed by atoms with E-state index in [1.165, 1.54) is 0 Å². The van der Waals surface area contributed by atoms with E-state index in [-0.39, 0.29) is 16.9 Å². The smallest absolute Gasteiger partial charge is 0.417 e.